The van der Waals surface area contributed by atoms with Gasteiger partial charge >= 0.3 is 0 Å². The highest BCUT2D eigenvalue weighted by atomic mass is 32.2. The highest BCUT2D eigenvalue weighted by Crippen LogP contribution is 2.32. The van der Waals surface area contributed by atoms with Gasteiger partial charge in [0.25, 0.3) is 0 Å². The lowest BCUT2D eigenvalue weighted by atomic mass is 10.0. The Morgan fingerprint density at radius 2 is 2.05 bits per heavy atom. The first-order valence-electron chi connectivity index (χ1n) is 8.05. The summed E-state index contributed by atoms with van der Waals surface area (Å²) in [5.74, 6) is 2.17. The molecule has 1 aromatic heterocycles. The second kappa shape index (κ2) is 6.89. The minimum absolute atomic E-state index is 0.310. The number of fused-ring (bicyclic) bond motifs is 1. The Bertz CT molecular complexity index is 586. The quantitative estimate of drug-likeness (QED) is 0.835. The van der Waals surface area contributed by atoms with Gasteiger partial charge in [-0.2, -0.15) is 11.8 Å². The Balaban J connectivity index is 1.68. The SMILES string of the molecule is CNC(CSC1CCCCC1)c1cc2cc(C)ccc2o1. The predicted molar refractivity (Wildman–Crippen MR) is 92.1 cm³/mol. The largest absolute Gasteiger partial charge is 0.459 e. The van der Waals surface area contributed by atoms with Crippen LogP contribution in [-0.2, 0) is 0 Å². The molecule has 1 N–H and O–H groups in total. The molecule has 2 nitrogen and oxygen atoms in total. The third-order valence-corrected chi connectivity index (χ3v) is 5.90. The molecule has 0 aliphatic heterocycles. The van der Waals surface area contributed by atoms with E-state index in [1.165, 1.54) is 43.1 Å². The molecule has 1 aliphatic carbocycles. The van der Waals surface area contributed by atoms with Crippen LogP contribution in [0.4, 0.5) is 0 Å². The molecule has 3 heteroatoms. The molecule has 0 amide bonds. The van der Waals surface area contributed by atoms with Crippen molar-refractivity contribution in [1.29, 1.82) is 0 Å². The molecule has 0 spiro atoms. The maximum Gasteiger partial charge on any atom is 0.134 e. The van der Waals surface area contributed by atoms with E-state index in [4.69, 9.17) is 4.42 Å². The van der Waals surface area contributed by atoms with Gasteiger partial charge < -0.3 is 9.73 Å². The lowest BCUT2D eigenvalue weighted by Crippen LogP contribution is -2.20. The van der Waals surface area contributed by atoms with E-state index < -0.39 is 0 Å². The highest BCUT2D eigenvalue weighted by molar-refractivity contribution is 7.99. The molecule has 1 saturated carbocycles. The van der Waals surface area contributed by atoms with E-state index in [-0.39, 0.29) is 0 Å². The van der Waals surface area contributed by atoms with Crippen molar-refractivity contribution >= 4 is 22.7 Å². The normalized spacial score (nSPS) is 18.2. The first kappa shape index (κ1) is 15.0. The fourth-order valence-corrected chi connectivity index (χ4v) is 4.59. The Morgan fingerprint density at radius 3 is 2.81 bits per heavy atom. The van der Waals surface area contributed by atoms with Gasteiger partial charge in [0.15, 0.2) is 0 Å². The van der Waals surface area contributed by atoms with Crippen molar-refractivity contribution in [3.05, 3.63) is 35.6 Å². The summed E-state index contributed by atoms with van der Waals surface area (Å²) in [6, 6.07) is 8.90. The van der Waals surface area contributed by atoms with Gasteiger partial charge in [-0.05, 0) is 45.0 Å². The Labute approximate surface area is 131 Å². The fraction of sp³-hybridized carbons (Fsp3) is 0.556. The van der Waals surface area contributed by atoms with E-state index in [0.717, 1.165) is 22.3 Å². The van der Waals surface area contributed by atoms with E-state index in [0.29, 0.717) is 6.04 Å². The van der Waals surface area contributed by atoms with E-state index in [1.807, 2.05) is 7.05 Å². The molecule has 1 atom stereocenters. The molecule has 2 aromatic rings. The van der Waals surface area contributed by atoms with E-state index in [2.05, 4.69) is 48.3 Å². The second-order valence-electron chi connectivity index (χ2n) is 6.12. The summed E-state index contributed by atoms with van der Waals surface area (Å²) < 4.78 is 6.04. The van der Waals surface area contributed by atoms with Crippen molar-refractivity contribution < 1.29 is 4.42 Å². The first-order chi connectivity index (χ1) is 10.3. The highest BCUT2D eigenvalue weighted by Gasteiger charge is 2.19. The van der Waals surface area contributed by atoms with Crippen LogP contribution in [0.3, 0.4) is 0 Å². The lowest BCUT2D eigenvalue weighted by molar-refractivity contribution is 0.476. The minimum atomic E-state index is 0.310. The number of furan rings is 1. The van der Waals surface area contributed by atoms with Gasteiger partial charge in [-0.15, -0.1) is 0 Å². The summed E-state index contributed by atoms with van der Waals surface area (Å²) >= 11 is 2.12. The van der Waals surface area contributed by atoms with Crippen molar-refractivity contribution in [3.8, 4) is 0 Å². The van der Waals surface area contributed by atoms with Gasteiger partial charge in [-0.3, -0.25) is 0 Å². The van der Waals surface area contributed by atoms with Crippen LogP contribution in [0.15, 0.2) is 28.7 Å². The fourth-order valence-electron chi connectivity index (χ4n) is 3.13. The Kier molecular flexibility index (Phi) is 4.91. The summed E-state index contributed by atoms with van der Waals surface area (Å²) in [5, 5.41) is 5.48. The maximum atomic E-state index is 6.04. The molecule has 1 fully saturated rings. The molecule has 3 rings (SSSR count). The van der Waals surface area contributed by atoms with Gasteiger partial charge in [0, 0.05) is 16.4 Å². The Hall–Kier alpha value is -0.930. The summed E-state index contributed by atoms with van der Waals surface area (Å²) in [6.07, 6.45) is 7.02. The van der Waals surface area contributed by atoms with Crippen molar-refractivity contribution in [2.45, 2.75) is 50.3 Å². The number of benzene rings is 1. The number of rotatable bonds is 5. The summed E-state index contributed by atoms with van der Waals surface area (Å²) in [7, 11) is 2.03. The third kappa shape index (κ3) is 3.64. The van der Waals surface area contributed by atoms with Crippen LogP contribution in [0.2, 0.25) is 0 Å². The zero-order valence-corrected chi connectivity index (χ0v) is 13.8. The molecule has 0 bridgehead atoms. The van der Waals surface area contributed by atoms with Crippen LogP contribution < -0.4 is 5.32 Å². The number of hydrogen-bond acceptors (Lipinski definition) is 3. The van der Waals surface area contributed by atoms with Gasteiger partial charge in [-0.25, -0.2) is 0 Å². The van der Waals surface area contributed by atoms with Crippen molar-refractivity contribution in [1.82, 2.24) is 5.32 Å². The summed E-state index contributed by atoms with van der Waals surface area (Å²) in [5.41, 5.74) is 2.28. The van der Waals surface area contributed by atoms with Gasteiger partial charge in [-0.1, -0.05) is 30.9 Å². The third-order valence-electron chi connectivity index (χ3n) is 4.43. The second-order valence-corrected chi connectivity index (χ2v) is 7.46. The number of nitrogens with one attached hydrogen (secondary N) is 1. The minimum Gasteiger partial charge on any atom is -0.459 e. The lowest BCUT2D eigenvalue weighted by Gasteiger charge is -2.23. The van der Waals surface area contributed by atoms with Crippen molar-refractivity contribution in [2.75, 3.05) is 12.8 Å². The van der Waals surface area contributed by atoms with E-state index in [1.54, 1.807) is 0 Å². The number of aryl methyl sites for hydroxylation is 1. The van der Waals surface area contributed by atoms with Crippen molar-refractivity contribution in [3.63, 3.8) is 0 Å². The van der Waals surface area contributed by atoms with Gasteiger partial charge in [0.05, 0.1) is 6.04 Å². The molecular formula is C18H25NOS. The van der Waals surface area contributed by atoms with Crippen LogP contribution in [-0.4, -0.2) is 18.1 Å². The maximum absolute atomic E-state index is 6.04. The average molecular weight is 303 g/mol. The molecule has 114 valence electrons. The van der Waals surface area contributed by atoms with Gasteiger partial charge in [0.2, 0.25) is 0 Å². The summed E-state index contributed by atoms with van der Waals surface area (Å²) in [6.45, 7) is 2.13. The smallest absolute Gasteiger partial charge is 0.134 e. The van der Waals surface area contributed by atoms with E-state index >= 15 is 0 Å². The van der Waals surface area contributed by atoms with Crippen LogP contribution in [0, 0.1) is 6.92 Å². The summed E-state index contributed by atoms with van der Waals surface area (Å²) in [4.78, 5) is 0. The molecule has 1 unspecified atom stereocenters. The monoisotopic (exact) mass is 303 g/mol. The van der Waals surface area contributed by atoms with Crippen LogP contribution >= 0.6 is 11.8 Å². The van der Waals surface area contributed by atoms with Crippen LogP contribution in [0.25, 0.3) is 11.0 Å². The average Bonchev–Trinajstić information content (AvgIpc) is 2.92. The Morgan fingerprint density at radius 1 is 1.24 bits per heavy atom. The predicted octanol–water partition coefficient (Wildman–Crippen LogP) is 5.07. The number of hydrogen-bond donors (Lipinski definition) is 1. The molecule has 1 aromatic carbocycles. The zero-order chi connectivity index (χ0) is 14.7. The molecule has 0 radical (unpaired) electrons. The molecule has 0 saturated heterocycles. The van der Waals surface area contributed by atoms with Crippen LogP contribution in [0.5, 0.6) is 0 Å². The molecular weight excluding hydrogens is 278 g/mol. The van der Waals surface area contributed by atoms with Crippen molar-refractivity contribution in [2.24, 2.45) is 0 Å². The van der Waals surface area contributed by atoms with E-state index in [9.17, 15) is 0 Å². The first-order valence-corrected chi connectivity index (χ1v) is 9.10. The van der Waals surface area contributed by atoms with Gasteiger partial charge in [0.1, 0.15) is 11.3 Å². The zero-order valence-electron chi connectivity index (χ0n) is 13.0. The molecule has 1 heterocycles. The molecule has 1 aliphatic rings. The standard InChI is InChI=1S/C18H25NOS/c1-13-8-9-17-14(10-13)11-18(20-17)16(19-2)12-21-15-6-4-3-5-7-15/h8-11,15-16,19H,3-7,12H2,1-2H3. The topological polar surface area (TPSA) is 25.2 Å². The number of thioether (sulfide) groups is 1. The molecule has 21 heavy (non-hydrogen) atoms. The van der Waals surface area contributed by atoms with Crippen LogP contribution in [0.1, 0.15) is 49.5 Å².